The Morgan fingerprint density at radius 3 is 2.62 bits per heavy atom. The van der Waals surface area contributed by atoms with Gasteiger partial charge < -0.3 is 16.2 Å². The highest BCUT2D eigenvalue weighted by Gasteiger charge is 2.09. The standard InChI is InChI=1S/C15H13ClN2O3/c16-11-4-5-12(14(17)19)13(7-11)18-8-9-2-1-3-10(6-9)15(20)21/h1-7,18H,8H2,(H2,17,19)(H,20,21). The van der Waals surface area contributed by atoms with Crippen LogP contribution in [0.2, 0.25) is 5.02 Å². The van der Waals surface area contributed by atoms with E-state index in [-0.39, 0.29) is 5.56 Å². The second-order valence-corrected chi connectivity index (χ2v) is 4.85. The molecule has 0 bridgehead atoms. The maximum Gasteiger partial charge on any atom is 0.335 e. The number of hydrogen-bond donors (Lipinski definition) is 3. The fourth-order valence-corrected chi connectivity index (χ4v) is 2.06. The number of carboxylic acids is 1. The van der Waals surface area contributed by atoms with Gasteiger partial charge in [-0.2, -0.15) is 0 Å². The van der Waals surface area contributed by atoms with Crippen molar-refractivity contribution in [2.24, 2.45) is 5.73 Å². The van der Waals surface area contributed by atoms with E-state index >= 15 is 0 Å². The summed E-state index contributed by atoms with van der Waals surface area (Å²) in [6, 6.07) is 11.2. The number of hydrogen-bond acceptors (Lipinski definition) is 3. The summed E-state index contributed by atoms with van der Waals surface area (Å²) in [5, 5.41) is 12.5. The molecule has 4 N–H and O–H groups in total. The minimum atomic E-state index is -0.988. The van der Waals surface area contributed by atoms with Crippen molar-refractivity contribution < 1.29 is 14.7 Å². The Balaban J connectivity index is 2.20. The summed E-state index contributed by atoms with van der Waals surface area (Å²) in [5.41, 5.74) is 7.11. The van der Waals surface area contributed by atoms with Crippen molar-refractivity contribution in [3.63, 3.8) is 0 Å². The van der Waals surface area contributed by atoms with E-state index in [0.717, 1.165) is 5.56 Å². The van der Waals surface area contributed by atoms with E-state index in [2.05, 4.69) is 5.32 Å². The molecule has 0 heterocycles. The highest BCUT2D eigenvalue weighted by atomic mass is 35.5. The quantitative estimate of drug-likeness (QED) is 0.792. The zero-order valence-corrected chi connectivity index (χ0v) is 11.7. The molecule has 0 aromatic heterocycles. The number of halogens is 1. The number of nitrogens with one attached hydrogen (secondary N) is 1. The lowest BCUT2D eigenvalue weighted by atomic mass is 10.1. The van der Waals surface area contributed by atoms with Gasteiger partial charge in [-0.3, -0.25) is 4.79 Å². The number of benzene rings is 2. The highest BCUT2D eigenvalue weighted by Crippen LogP contribution is 2.21. The van der Waals surface area contributed by atoms with Gasteiger partial charge in [0, 0.05) is 17.3 Å². The maximum atomic E-state index is 11.3. The molecule has 0 atom stereocenters. The SMILES string of the molecule is NC(=O)c1ccc(Cl)cc1NCc1cccc(C(=O)O)c1. The molecule has 0 fully saturated rings. The van der Waals surface area contributed by atoms with Gasteiger partial charge in [0.05, 0.1) is 11.1 Å². The van der Waals surface area contributed by atoms with E-state index in [4.69, 9.17) is 22.4 Å². The van der Waals surface area contributed by atoms with Gasteiger partial charge in [-0.1, -0.05) is 23.7 Å². The molecule has 0 spiro atoms. The van der Waals surface area contributed by atoms with Gasteiger partial charge in [-0.15, -0.1) is 0 Å². The number of carbonyl (C=O) groups is 2. The second-order valence-electron chi connectivity index (χ2n) is 4.41. The van der Waals surface area contributed by atoms with Crippen LogP contribution in [0.4, 0.5) is 5.69 Å². The van der Waals surface area contributed by atoms with Crippen LogP contribution in [-0.4, -0.2) is 17.0 Å². The lowest BCUT2D eigenvalue weighted by Crippen LogP contribution is -2.14. The van der Waals surface area contributed by atoms with Gasteiger partial charge in [-0.05, 0) is 35.9 Å². The molecular weight excluding hydrogens is 292 g/mol. The summed E-state index contributed by atoms with van der Waals surface area (Å²) in [5.74, 6) is -1.55. The van der Waals surface area contributed by atoms with E-state index in [1.165, 1.54) is 6.07 Å². The number of anilines is 1. The third kappa shape index (κ3) is 3.73. The molecule has 0 radical (unpaired) electrons. The summed E-state index contributed by atoms with van der Waals surface area (Å²) in [4.78, 5) is 22.3. The molecule has 0 unspecified atom stereocenters. The van der Waals surface area contributed by atoms with Crippen molar-refractivity contribution in [3.05, 3.63) is 64.2 Å². The van der Waals surface area contributed by atoms with Crippen LogP contribution in [0.3, 0.4) is 0 Å². The van der Waals surface area contributed by atoms with Gasteiger partial charge in [0.1, 0.15) is 0 Å². The third-order valence-corrected chi connectivity index (χ3v) is 3.14. The first kappa shape index (κ1) is 14.9. The molecule has 1 amide bonds. The second kappa shape index (κ2) is 6.28. The van der Waals surface area contributed by atoms with E-state index in [0.29, 0.717) is 22.8 Å². The first-order chi connectivity index (χ1) is 9.97. The Morgan fingerprint density at radius 2 is 1.95 bits per heavy atom. The average molecular weight is 305 g/mol. The van der Waals surface area contributed by atoms with Gasteiger partial charge >= 0.3 is 5.97 Å². The largest absolute Gasteiger partial charge is 0.478 e. The van der Waals surface area contributed by atoms with Crippen molar-refractivity contribution in [2.75, 3.05) is 5.32 Å². The van der Waals surface area contributed by atoms with Crippen LogP contribution in [0.5, 0.6) is 0 Å². The van der Waals surface area contributed by atoms with Gasteiger partial charge in [0.2, 0.25) is 0 Å². The number of carbonyl (C=O) groups excluding carboxylic acids is 1. The van der Waals surface area contributed by atoms with Crippen LogP contribution in [0.25, 0.3) is 0 Å². The molecule has 6 heteroatoms. The molecule has 2 rings (SSSR count). The van der Waals surface area contributed by atoms with Crippen LogP contribution in [0.15, 0.2) is 42.5 Å². The Labute approximate surface area is 126 Å². The Kier molecular flexibility index (Phi) is 4.45. The predicted molar refractivity (Wildman–Crippen MR) is 80.7 cm³/mol. The van der Waals surface area contributed by atoms with E-state index in [1.54, 1.807) is 36.4 Å². The monoisotopic (exact) mass is 304 g/mol. The fraction of sp³-hybridized carbons (Fsp3) is 0.0667. The summed E-state index contributed by atoms with van der Waals surface area (Å²) in [6.07, 6.45) is 0. The van der Waals surface area contributed by atoms with Crippen molar-refractivity contribution in [3.8, 4) is 0 Å². The number of primary amides is 1. The molecular formula is C15H13ClN2O3. The number of amides is 1. The van der Waals surface area contributed by atoms with Crippen LogP contribution in [-0.2, 0) is 6.54 Å². The molecule has 108 valence electrons. The molecule has 21 heavy (non-hydrogen) atoms. The molecule has 5 nitrogen and oxygen atoms in total. The molecule has 0 saturated heterocycles. The number of carboxylic acid groups (broad SMARTS) is 1. The Morgan fingerprint density at radius 1 is 1.19 bits per heavy atom. The predicted octanol–water partition coefficient (Wildman–Crippen LogP) is 2.75. The summed E-state index contributed by atoms with van der Waals surface area (Å²) < 4.78 is 0. The van der Waals surface area contributed by atoms with E-state index < -0.39 is 11.9 Å². The van der Waals surface area contributed by atoms with Crippen molar-refractivity contribution in [1.82, 2.24) is 0 Å². The van der Waals surface area contributed by atoms with Crippen LogP contribution in [0.1, 0.15) is 26.3 Å². The lowest BCUT2D eigenvalue weighted by Gasteiger charge is -2.11. The molecule has 2 aromatic rings. The number of nitrogens with two attached hydrogens (primary N) is 1. The first-order valence-corrected chi connectivity index (χ1v) is 6.50. The topological polar surface area (TPSA) is 92.4 Å². The molecule has 0 aliphatic carbocycles. The van der Waals surface area contributed by atoms with E-state index in [1.807, 2.05) is 0 Å². The maximum absolute atomic E-state index is 11.3. The number of aromatic carboxylic acids is 1. The van der Waals surface area contributed by atoms with Gasteiger partial charge in [0.25, 0.3) is 5.91 Å². The van der Waals surface area contributed by atoms with Crippen LogP contribution < -0.4 is 11.1 Å². The molecule has 0 aliphatic heterocycles. The number of rotatable bonds is 5. The van der Waals surface area contributed by atoms with Crippen molar-refractivity contribution in [2.45, 2.75) is 6.54 Å². The van der Waals surface area contributed by atoms with Crippen molar-refractivity contribution >= 4 is 29.2 Å². The van der Waals surface area contributed by atoms with Crippen LogP contribution in [0, 0.1) is 0 Å². The smallest absolute Gasteiger partial charge is 0.335 e. The summed E-state index contributed by atoms with van der Waals surface area (Å²) in [7, 11) is 0. The molecule has 0 aliphatic rings. The third-order valence-electron chi connectivity index (χ3n) is 2.90. The fourth-order valence-electron chi connectivity index (χ4n) is 1.89. The van der Waals surface area contributed by atoms with E-state index in [9.17, 15) is 9.59 Å². The van der Waals surface area contributed by atoms with Crippen LogP contribution >= 0.6 is 11.6 Å². The summed E-state index contributed by atoms with van der Waals surface area (Å²) in [6.45, 7) is 0.349. The average Bonchev–Trinajstić information content (AvgIpc) is 2.45. The van der Waals surface area contributed by atoms with Gasteiger partial charge in [-0.25, -0.2) is 4.79 Å². The zero-order chi connectivity index (χ0) is 15.4. The molecule has 0 saturated carbocycles. The van der Waals surface area contributed by atoms with Gasteiger partial charge in [0.15, 0.2) is 0 Å². The first-order valence-electron chi connectivity index (χ1n) is 6.13. The molecule has 2 aromatic carbocycles. The Bertz CT molecular complexity index is 701. The summed E-state index contributed by atoms with van der Waals surface area (Å²) >= 11 is 5.90. The Hall–Kier alpha value is -2.53. The van der Waals surface area contributed by atoms with Crippen molar-refractivity contribution in [1.29, 1.82) is 0 Å². The normalized spacial score (nSPS) is 10.1. The lowest BCUT2D eigenvalue weighted by molar-refractivity contribution is 0.0696. The highest BCUT2D eigenvalue weighted by molar-refractivity contribution is 6.31. The minimum Gasteiger partial charge on any atom is -0.478 e. The zero-order valence-electron chi connectivity index (χ0n) is 11.0. The minimum absolute atomic E-state index is 0.204.